The Balaban J connectivity index is 1.73. The van der Waals surface area contributed by atoms with E-state index >= 15 is 0 Å². The normalized spacial score (nSPS) is 16.9. The van der Waals surface area contributed by atoms with Crippen LogP contribution >= 0.6 is 11.8 Å². The van der Waals surface area contributed by atoms with Crippen LogP contribution in [0.4, 0.5) is 11.4 Å². The molecule has 1 aliphatic heterocycles. The van der Waals surface area contributed by atoms with Gasteiger partial charge in [0.25, 0.3) is 5.91 Å². The molecule has 0 bridgehead atoms. The number of rotatable bonds is 4. The van der Waals surface area contributed by atoms with Crippen LogP contribution in [-0.2, 0) is 11.4 Å². The van der Waals surface area contributed by atoms with Gasteiger partial charge in [-0.25, -0.2) is 4.99 Å². The first-order valence-corrected chi connectivity index (χ1v) is 9.69. The van der Waals surface area contributed by atoms with Gasteiger partial charge < -0.3 is 5.11 Å². The van der Waals surface area contributed by atoms with Crippen molar-refractivity contribution in [1.29, 1.82) is 0 Å². The van der Waals surface area contributed by atoms with Gasteiger partial charge in [-0.15, -0.1) is 0 Å². The predicted molar refractivity (Wildman–Crippen MR) is 115 cm³/mol. The van der Waals surface area contributed by atoms with Crippen LogP contribution in [0.1, 0.15) is 11.1 Å². The van der Waals surface area contributed by atoms with Gasteiger partial charge >= 0.3 is 0 Å². The summed E-state index contributed by atoms with van der Waals surface area (Å²) in [6.45, 7) is 0.000197. The fourth-order valence-corrected chi connectivity index (χ4v) is 3.84. The number of amidine groups is 1. The first-order chi connectivity index (χ1) is 13.7. The molecule has 4 rings (SSSR count). The molecule has 0 radical (unpaired) electrons. The lowest BCUT2D eigenvalue weighted by Gasteiger charge is -2.15. The summed E-state index contributed by atoms with van der Waals surface area (Å²) in [7, 11) is 0. The maximum Gasteiger partial charge on any atom is 0.271 e. The Bertz CT molecular complexity index is 1030. The summed E-state index contributed by atoms with van der Waals surface area (Å²) in [6, 6.07) is 26.6. The van der Waals surface area contributed by atoms with E-state index in [1.165, 1.54) is 11.8 Å². The zero-order chi connectivity index (χ0) is 19.3. The van der Waals surface area contributed by atoms with Gasteiger partial charge in [0.2, 0.25) is 0 Å². The monoisotopic (exact) mass is 386 g/mol. The Kier molecular flexibility index (Phi) is 5.37. The number of hydrogen-bond acceptors (Lipinski definition) is 4. The minimum Gasteiger partial charge on any atom is -0.392 e. The minimum absolute atomic E-state index is 0.000197. The lowest BCUT2D eigenvalue weighted by molar-refractivity contribution is -0.113. The van der Waals surface area contributed by atoms with Gasteiger partial charge in [0.15, 0.2) is 5.17 Å². The first kappa shape index (κ1) is 18.2. The Hall–Kier alpha value is -3.15. The van der Waals surface area contributed by atoms with Crippen molar-refractivity contribution in [2.75, 3.05) is 4.90 Å². The van der Waals surface area contributed by atoms with Gasteiger partial charge in [-0.05, 0) is 53.2 Å². The SMILES string of the molecule is O=C1C(=Cc2ccc(CO)cc2)SC(=Nc2ccccc2)N1c1ccccc1. The first-order valence-electron chi connectivity index (χ1n) is 8.87. The molecule has 0 aromatic heterocycles. The summed E-state index contributed by atoms with van der Waals surface area (Å²) in [6.07, 6.45) is 1.86. The van der Waals surface area contributed by atoms with Crippen LogP contribution < -0.4 is 4.90 Å². The third-order valence-corrected chi connectivity index (χ3v) is 5.23. The van der Waals surface area contributed by atoms with Crippen LogP contribution in [-0.4, -0.2) is 16.2 Å². The topological polar surface area (TPSA) is 52.9 Å². The molecule has 0 unspecified atom stereocenters. The van der Waals surface area contributed by atoms with Crippen molar-refractivity contribution in [2.24, 2.45) is 4.99 Å². The van der Waals surface area contributed by atoms with Crippen molar-refractivity contribution in [2.45, 2.75) is 6.61 Å². The van der Waals surface area contributed by atoms with E-state index in [1.807, 2.05) is 91.0 Å². The Morgan fingerprint density at radius 1 is 0.893 bits per heavy atom. The van der Waals surface area contributed by atoms with Crippen molar-refractivity contribution in [1.82, 2.24) is 0 Å². The van der Waals surface area contributed by atoms with E-state index in [-0.39, 0.29) is 12.5 Å². The molecule has 0 aliphatic carbocycles. The van der Waals surface area contributed by atoms with Crippen LogP contribution in [0.2, 0.25) is 0 Å². The molecule has 1 amide bonds. The van der Waals surface area contributed by atoms with Gasteiger partial charge in [0.1, 0.15) is 0 Å². The highest BCUT2D eigenvalue weighted by Crippen LogP contribution is 2.37. The second-order valence-electron chi connectivity index (χ2n) is 6.22. The van der Waals surface area contributed by atoms with Gasteiger partial charge in [-0.1, -0.05) is 60.7 Å². The highest BCUT2D eigenvalue weighted by molar-refractivity contribution is 8.19. The third-order valence-electron chi connectivity index (χ3n) is 4.26. The highest BCUT2D eigenvalue weighted by atomic mass is 32.2. The molecular weight excluding hydrogens is 368 g/mol. The second-order valence-corrected chi connectivity index (χ2v) is 7.23. The molecule has 1 N–H and O–H groups in total. The number of benzene rings is 3. The molecule has 4 nitrogen and oxygen atoms in total. The molecule has 28 heavy (non-hydrogen) atoms. The zero-order valence-electron chi connectivity index (χ0n) is 15.0. The minimum atomic E-state index is -0.0999. The van der Waals surface area contributed by atoms with E-state index < -0.39 is 0 Å². The number of amides is 1. The molecule has 0 saturated carbocycles. The number of aliphatic imine (C=N–C) groups is 1. The number of para-hydroxylation sites is 2. The van der Waals surface area contributed by atoms with E-state index in [0.29, 0.717) is 10.1 Å². The number of thioether (sulfide) groups is 1. The molecule has 0 spiro atoms. The van der Waals surface area contributed by atoms with Gasteiger partial charge in [-0.3, -0.25) is 9.69 Å². The molecule has 1 heterocycles. The van der Waals surface area contributed by atoms with Crippen molar-refractivity contribution >= 4 is 40.3 Å². The van der Waals surface area contributed by atoms with Crippen molar-refractivity contribution in [3.63, 3.8) is 0 Å². The maximum atomic E-state index is 13.2. The zero-order valence-corrected chi connectivity index (χ0v) is 15.8. The van der Waals surface area contributed by atoms with Gasteiger partial charge in [-0.2, -0.15) is 0 Å². The number of carbonyl (C=O) groups is 1. The number of aliphatic hydroxyl groups excluding tert-OH is 1. The third kappa shape index (κ3) is 3.91. The molecule has 3 aromatic carbocycles. The predicted octanol–water partition coefficient (Wildman–Crippen LogP) is 4.99. The fourth-order valence-electron chi connectivity index (χ4n) is 2.84. The summed E-state index contributed by atoms with van der Waals surface area (Å²) in [4.78, 5) is 20.1. The summed E-state index contributed by atoms with van der Waals surface area (Å²) < 4.78 is 0. The maximum absolute atomic E-state index is 13.2. The molecule has 0 atom stereocenters. The number of anilines is 1. The van der Waals surface area contributed by atoms with Crippen molar-refractivity contribution < 1.29 is 9.90 Å². The Labute approximate surface area is 167 Å². The number of nitrogens with zero attached hydrogens (tertiary/aromatic N) is 2. The van der Waals surface area contributed by atoms with Crippen molar-refractivity contribution in [3.05, 3.63) is 101 Å². The summed E-state index contributed by atoms with van der Waals surface area (Å²) in [5.74, 6) is -0.0999. The van der Waals surface area contributed by atoms with Crippen LogP contribution in [0, 0.1) is 0 Å². The van der Waals surface area contributed by atoms with E-state index in [9.17, 15) is 9.90 Å². The highest BCUT2D eigenvalue weighted by Gasteiger charge is 2.34. The molecule has 1 fully saturated rings. The average Bonchev–Trinajstić information content (AvgIpc) is 3.04. The van der Waals surface area contributed by atoms with Crippen LogP contribution in [0.15, 0.2) is 94.8 Å². The Morgan fingerprint density at radius 3 is 2.18 bits per heavy atom. The fraction of sp³-hybridized carbons (Fsp3) is 0.0435. The summed E-state index contributed by atoms with van der Waals surface area (Å²) >= 11 is 1.36. The number of hydrogen-bond donors (Lipinski definition) is 1. The van der Waals surface area contributed by atoms with Crippen molar-refractivity contribution in [3.8, 4) is 0 Å². The lowest BCUT2D eigenvalue weighted by atomic mass is 10.1. The van der Waals surface area contributed by atoms with Gasteiger partial charge in [0.05, 0.1) is 22.9 Å². The number of carbonyl (C=O) groups excluding carboxylic acids is 1. The van der Waals surface area contributed by atoms with E-state index in [2.05, 4.69) is 0 Å². The average molecular weight is 386 g/mol. The lowest BCUT2D eigenvalue weighted by Crippen LogP contribution is -2.28. The second kappa shape index (κ2) is 8.25. The molecule has 1 saturated heterocycles. The molecule has 138 valence electrons. The number of aliphatic hydroxyl groups is 1. The standard InChI is InChI=1S/C23H18N2O2S/c26-16-18-13-11-17(12-14-18)15-21-22(27)25(20-9-5-2-6-10-20)23(28-21)24-19-7-3-1-4-8-19/h1-15,26H,16H2. The summed E-state index contributed by atoms with van der Waals surface area (Å²) in [5.41, 5.74) is 3.33. The molecule has 3 aromatic rings. The Morgan fingerprint density at radius 2 is 1.54 bits per heavy atom. The van der Waals surface area contributed by atoms with E-state index in [0.717, 1.165) is 22.5 Å². The van der Waals surface area contributed by atoms with Crippen LogP contribution in [0.5, 0.6) is 0 Å². The summed E-state index contributed by atoms with van der Waals surface area (Å²) in [5, 5.41) is 9.82. The van der Waals surface area contributed by atoms with E-state index in [1.54, 1.807) is 4.90 Å². The molecular formula is C23H18N2O2S. The van der Waals surface area contributed by atoms with Crippen LogP contribution in [0.3, 0.4) is 0 Å². The quantitative estimate of drug-likeness (QED) is 0.643. The smallest absolute Gasteiger partial charge is 0.271 e. The molecule has 5 heteroatoms. The van der Waals surface area contributed by atoms with Gasteiger partial charge in [0, 0.05) is 0 Å². The van der Waals surface area contributed by atoms with Crippen LogP contribution in [0.25, 0.3) is 6.08 Å². The molecule has 1 aliphatic rings. The largest absolute Gasteiger partial charge is 0.392 e. The van der Waals surface area contributed by atoms with E-state index in [4.69, 9.17) is 4.99 Å².